The molecule has 0 amide bonds. The number of esters is 1. The van der Waals surface area contributed by atoms with Crippen molar-refractivity contribution in [3.8, 4) is 0 Å². The van der Waals surface area contributed by atoms with Gasteiger partial charge in [0.1, 0.15) is 5.82 Å². The van der Waals surface area contributed by atoms with E-state index in [1.165, 1.54) is 19.0 Å². The summed E-state index contributed by atoms with van der Waals surface area (Å²) >= 11 is 0. The standard InChI is InChI=1S/C16H27N3O2/c1-5-7-8-9-19(12(3)4)15-10-13(14(17)11-18-15)16(20)21-6-2/h10-12H,5-9,17H2,1-4H3. The second-order valence-electron chi connectivity index (χ2n) is 5.34. The number of carbonyl (C=O) groups is 1. The fraction of sp³-hybridized carbons (Fsp3) is 0.625. The van der Waals surface area contributed by atoms with Gasteiger partial charge in [0.2, 0.25) is 0 Å². The quantitative estimate of drug-likeness (QED) is 0.588. The van der Waals surface area contributed by atoms with Gasteiger partial charge in [-0.05, 0) is 33.3 Å². The molecule has 0 atom stereocenters. The number of aromatic nitrogens is 1. The van der Waals surface area contributed by atoms with Gasteiger partial charge in [0.15, 0.2) is 0 Å². The van der Waals surface area contributed by atoms with Gasteiger partial charge >= 0.3 is 5.97 Å². The number of hydrogen-bond acceptors (Lipinski definition) is 5. The van der Waals surface area contributed by atoms with Crippen LogP contribution in [0.2, 0.25) is 0 Å². The van der Waals surface area contributed by atoms with E-state index in [-0.39, 0.29) is 0 Å². The summed E-state index contributed by atoms with van der Waals surface area (Å²) in [7, 11) is 0. The lowest BCUT2D eigenvalue weighted by molar-refractivity contribution is 0.0527. The minimum Gasteiger partial charge on any atom is -0.462 e. The number of pyridine rings is 1. The molecule has 5 heteroatoms. The Hall–Kier alpha value is -1.78. The highest BCUT2D eigenvalue weighted by atomic mass is 16.5. The maximum absolute atomic E-state index is 11.9. The van der Waals surface area contributed by atoms with Crippen LogP contribution < -0.4 is 10.6 Å². The van der Waals surface area contributed by atoms with Crippen molar-refractivity contribution in [3.63, 3.8) is 0 Å². The van der Waals surface area contributed by atoms with Crippen LogP contribution in [0.15, 0.2) is 12.3 Å². The van der Waals surface area contributed by atoms with Crippen molar-refractivity contribution >= 4 is 17.5 Å². The molecule has 1 rings (SSSR count). The third-order valence-corrected chi connectivity index (χ3v) is 3.34. The largest absolute Gasteiger partial charge is 0.462 e. The lowest BCUT2D eigenvalue weighted by Gasteiger charge is -2.28. The topological polar surface area (TPSA) is 68.5 Å². The highest BCUT2D eigenvalue weighted by Gasteiger charge is 2.17. The summed E-state index contributed by atoms with van der Waals surface area (Å²) in [6.45, 7) is 9.45. The Balaban J connectivity index is 2.98. The van der Waals surface area contributed by atoms with Crippen LogP contribution >= 0.6 is 0 Å². The summed E-state index contributed by atoms with van der Waals surface area (Å²) in [5.74, 6) is 0.384. The molecule has 1 aromatic heterocycles. The molecule has 2 N–H and O–H groups in total. The molecule has 1 aromatic rings. The number of ether oxygens (including phenoxy) is 1. The van der Waals surface area contributed by atoms with Crippen LogP contribution in [0.1, 0.15) is 57.3 Å². The van der Waals surface area contributed by atoms with E-state index >= 15 is 0 Å². The molecule has 0 spiro atoms. The molecule has 118 valence electrons. The zero-order valence-electron chi connectivity index (χ0n) is 13.6. The second kappa shape index (κ2) is 8.49. The lowest BCUT2D eigenvalue weighted by Crippen LogP contribution is -2.32. The third kappa shape index (κ3) is 4.92. The Kier molecular flexibility index (Phi) is 6.99. The normalized spacial score (nSPS) is 10.7. The summed E-state index contributed by atoms with van der Waals surface area (Å²) in [4.78, 5) is 18.5. The molecular formula is C16H27N3O2. The van der Waals surface area contributed by atoms with Crippen LogP contribution in [-0.4, -0.2) is 30.1 Å². The fourth-order valence-electron chi connectivity index (χ4n) is 2.17. The number of rotatable bonds is 8. The smallest absolute Gasteiger partial charge is 0.340 e. The van der Waals surface area contributed by atoms with Gasteiger partial charge in [-0.25, -0.2) is 9.78 Å². The average Bonchev–Trinajstić information content (AvgIpc) is 2.44. The summed E-state index contributed by atoms with van der Waals surface area (Å²) in [6.07, 6.45) is 5.00. The van der Waals surface area contributed by atoms with Crippen molar-refractivity contribution in [2.45, 2.75) is 53.0 Å². The molecule has 0 saturated carbocycles. The summed E-state index contributed by atoms with van der Waals surface area (Å²) in [5.41, 5.74) is 6.58. The van der Waals surface area contributed by atoms with Gasteiger partial charge in [-0.1, -0.05) is 19.8 Å². The maximum atomic E-state index is 11.9. The SMILES string of the molecule is CCCCCN(c1cc(C(=O)OCC)c(N)cn1)C(C)C. The maximum Gasteiger partial charge on any atom is 0.340 e. The van der Waals surface area contributed by atoms with Crippen LogP contribution in [0, 0.1) is 0 Å². The van der Waals surface area contributed by atoms with E-state index in [0.717, 1.165) is 18.8 Å². The van der Waals surface area contributed by atoms with E-state index in [1.807, 2.05) is 0 Å². The van der Waals surface area contributed by atoms with Crippen molar-refractivity contribution in [2.75, 3.05) is 23.8 Å². The molecule has 0 aromatic carbocycles. The van der Waals surface area contributed by atoms with Gasteiger partial charge in [0, 0.05) is 12.6 Å². The molecule has 0 aliphatic carbocycles. The Morgan fingerprint density at radius 1 is 1.38 bits per heavy atom. The number of hydrogen-bond donors (Lipinski definition) is 1. The Morgan fingerprint density at radius 2 is 2.10 bits per heavy atom. The van der Waals surface area contributed by atoms with Gasteiger partial charge in [0.05, 0.1) is 24.1 Å². The average molecular weight is 293 g/mol. The number of nitrogens with two attached hydrogens (primary N) is 1. The molecule has 0 fully saturated rings. The second-order valence-corrected chi connectivity index (χ2v) is 5.34. The predicted octanol–water partition coefficient (Wildman–Crippen LogP) is 3.25. The molecule has 0 saturated heterocycles. The van der Waals surface area contributed by atoms with Crippen molar-refractivity contribution in [2.24, 2.45) is 0 Å². The van der Waals surface area contributed by atoms with Gasteiger partial charge in [0.25, 0.3) is 0 Å². The number of carbonyl (C=O) groups excluding carboxylic acids is 1. The van der Waals surface area contributed by atoms with Gasteiger partial charge < -0.3 is 15.4 Å². The molecule has 0 unspecified atom stereocenters. The van der Waals surface area contributed by atoms with Crippen molar-refractivity contribution < 1.29 is 9.53 Å². The molecular weight excluding hydrogens is 266 g/mol. The Labute approximate surface area is 127 Å². The first-order chi connectivity index (χ1) is 10.0. The first kappa shape index (κ1) is 17.3. The van der Waals surface area contributed by atoms with Crippen molar-refractivity contribution in [3.05, 3.63) is 17.8 Å². The molecule has 5 nitrogen and oxygen atoms in total. The molecule has 0 aliphatic heterocycles. The first-order valence-electron chi connectivity index (χ1n) is 7.70. The predicted molar refractivity (Wildman–Crippen MR) is 86.6 cm³/mol. The number of nitrogen functional groups attached to an aromatic ring is 1. The highest BCUT2D eigenvalue weighted by molar-refractivity contribution is 5.95. The van der Waals surface area contributed by atoms with Crippen LogP contribution in [0.5, 0.6) is 0 Å². The summed E-state index contributed by atoms with van der Waals surface area (Å²) in [6, 6.07) is 2.05. The van der Waals surface area contributed by atoms with Crippen LogP contribution in [0.25, 0.3) is 0 Å². The lowest BCUT2D eigenvalue weighted by atomic mass is 10.2. The van der Waals surface area contributed by atoms with Gasteiger partial charge in [-0.3, -0.25) is 0 Å². The molecule has 21 heavy (non-hydrogen) atoms. The summed E-state index contributed by atoms with van der Waals surface area (Å²) in [5, 5.41) is 0. The Morgan fingerprint density at radius 3 is 2.67 bits per heavy atom. The van der Waals surface area contributed by atoms with E-state index in [2.05, 4.69) is 30.7 Å². The highest BCUT2D eigenvalue weighted by Crippen LogP contribution is 2.21. The number of anilines is 2. The van der Waals surface area contributed by atoms with E-state index in [9.17, 15) is 4.79 Å². The molecule has 0 bridgehead atoms. The summed E-state index contributed by atoms with van der Waals surface area (Å²) < 4.78 is 5.04. The Bertz CT molecular complexity index is 461. The zero-order chi connectivity index (χ0) is 15.8. The number of nitrogens with zero attached hydrogens (tertiary/aromatic N) is 2. The van der Waals surface area contributed by atoms with Gasteiger partial charge in [-0.15, -0.1) is 0 Å². The van der Waals surface area contributed by atoms with Gasteiger partial charge in [-0.2, -0.15) is 0 Å². The van der Waals surface area contributed by atoms with Crippen LogP contribution in [0.3, 0.4) is 0 Å². The van der Waals surface area contributed by atoms with E-state index in [4.69, 9.17) is 10.5 Å². The molecule has 0 aliphatic rings. The van der Waals surface area contributed by atoms with E-state index in [0.29, 0.717) is 23.9 Å². The van der Waals surface area contributed by atoms with Crippen LogP contribution in [-0.2, 0) is 4.74 Å². The zero-order valence-corrected chi connectivity index (χ0v) is 13.6. The molecule has 0 radical (unpaired) electrons. The van der Waals surface area contributed by atoms with E-state index in [1.54, 1.807) is 13.0 Å². The molecule has 1 heterocycles. The third-order valence-electron chi connectivity index (χ3n) is 3.34. The van der Waals surface area contributed by atoms with E-state index < -0.39 is 5.97 Å². The fourth-order valence-corrected chi connectivity index (χ4v) is 2.17. The number of unbranched alkanes of at least 4 members (excludes halogenated alkanes) is 2. The van der Waals surface area contributed by atoms with Crippen LogP contribution in [0.4, 0.5) is 11.5 Å². The first-order valence-corrected chi connectivity index (χ1v) is 7.70. The minimum atomic E-state index is -0.393. The monoisotopic (exact) mass is 293 g/mol. The minimum absolute atomic E-state index is 0.313. The van der Waals surface area contributed by atoms with Crippen molar-refractivity contribution in [1.82, 2.24) is 4.98 Å². The van der Waals surface area contributed by atoms with Crippen molar-refractivity contribution in [1.29, 1.82) is 0 Å².